The van der Waals surface area contributed by atoms with Crippen LogP contribution >= 0.6 is 0 Å². The van der Waals surface area contributed by atoms with E-state index in [1.54, 1.807) is 30.0 Å². The van der Waals surface area contributed by atoms with E-state index in [-0.39, 0.29) is 23.1 Å². The Bertz CT molecular complexity index is 932. The summed E-state index contributed by atoms with van der Waals surface area (Å²) in [6.07, 6.45) is 3.97. The molecule has 0 radical (unpaired) electrons. The third kappa shape index (κ3) is 3.60. The van der Waals surface area contributed by atoms with Crippen molar-refractivity contribution in [3.8, 4) is 5.69 Å². The summed E-state index contributed by atoms with van der Waals surface area (Å²) in [5, 5.41) is 15.6. The van der Waals surface area contributed by atoms with Gasteiger partial charge < -0.3 is 4.90 Å². The summed E-state index contributed by atoms with van der Waals surface area (Å²) < 4.78 is 1.30. The molecule has 1 aromatic heterocycles. The van der Waals surface area contributed by atoms with Crippen molar-refractivity contribution in [2.45, 2.75) is 45.6 Å². The van der Waals surface area contributed by atoms with Crippen LogP contribution in [0.1, 0.15) is 48.8 Å². The number of rotatable bonds is 5. The lowest BCUT2D eigenvalue weighted by atomic mass is 10.2. The van der Waals surface area contributed by atoms with Crippen molar-refractivity contribution in [3.63, 3.8) is 0 Å². The summed E-state index contributed by atoms with van der Waals surface area (Å²) in [7, 11) is 0. The van der Waals surface area contributed by atoms with Gasteiger partial charge in [-0.15, -0.1) is 0 Å². The fourth-order valence-corrected chi connectivity index (χ4v) is 3.66. The lowest BCUT2D eigenvalue weighted by Crippen LogP contribution is -2.41. The summed E-state index contributed by atoms with van der Waals surface area (Å²) in [6, 6.07) is 7.55. The quantitative estimate of drug-likeness (QED) is 0.595. The molecule has 0 saturated heterocycles. The fraction of sp³-hybridized carbons (Fsp3) is 0.421. The van der Waals surface area contributed by atoms with Gasteiger partial charge in [0.05, 0.1) is 4.92 Å². The van der Waals surface area contributed by atoms with Crippen molar-refractivity contribution in [3.05, 3.63) is 62.1 Å². The number of nitro benzene ring substituents is 1. The van der Waals surface area contributed by atoms with Gasteiger partial charge in [-0.1, -0.05) is 25.0 Å². The molecule has 1 heterocycles. The van der Waals surface area contributed by atoms with E-state index < -0.39 is 16.3 Å². The van der Waals surface area contributed by atoms with Gasteiger partial charge in [0, 0.05) is 30.4 Å². The van der Waals surface area contributed by atoms with Crippen molar-refractivity contribution in [2.75, 3.05) is 6.54 Å². The molecule has 0 atom stereocenters. The SMILES string of the molecule is CCN(C(=O)c1nn(-c2ccccc2[N+](=O)[O-])c(C)cc1=O)C1CCCC1. The first-order valence-electron chi connectivity index (χ1n) is 9.09. The van der Waals surface area contributed by atoms with Crippen LogP contribution in [0.3, 0.4) is 0 Å². The highest BCUT2D eigenvalue weighted by molar-refractivity contribution is 5.92. The second-order valence-corrected chi connectivity index (χ2v) is 6.69. The summed E-state index contributed by atoms with van der Waals surface area (Å²) in [5.74, 6) is -0.415. The van der Waals surface area contributed by atoms with Crippen LogP contribution in [0.4, 0.5) is 5.69 Å². The average Bonchev–Trinajstić information content (AvgIpc) is 3.16. The maximum atomic E-state index is 13.0. The lowest BCUT2D eigenvalue weighted by Gasteiger charge is -2.27. The Labute approximate surface area is 156 Å². The maximum Gasteiger partial charge on any atom is 0.294 e. The van der Waals surface area contributed by atoms with Crippen LogP contribution in [0.2, 0.25) is 0 Å². The molecule has 8 nitrogen and oxygen atoms in total. The normalized spacial score (nSPS) is 14.3. The van der Waals surface area contributed by atoms with Gasteiger partial charge in [0.1, 0.15) is 5.69 Å². The molecule has 1 aromatic carbocycles. The first-order valence-corrected chi connectivity index (χ1v) is 9.09. The van der Waals surface area contributed by atoms with Crippen molar-refractivity contribution in [1.29, 1.82) is 0 Å². The van der Waals surface area contributed by atoms with E-state index in [0.717, 1.165) is 25.7 Å². The Morgan fingerprint density at radius 2 is 2.00 bits per heavy atom. The van der Waals surface area contributed by atoms with E-state index in [0.29, 0.717) is 12.2 Å². The highest BCUT2D eigenvalue weighted by Gasteiger charge is 2.29. The Balaban J connectivity index is 2.08. The predicted molar refractivity (Wildman–Crippen MR) is 100 cm³/mol. The summed E-state index contributed by atoms with van der Waals surface area (Å²) >= 11 is 0. The van der Waals surface area contributed by atoms with Crippen LogP contribution in [0.25, 0.3) is 5.69 Å². The number of para-hydroxylation sites is 2. The Morgan fingerprint density at radius 1 is 1.33 bits per heavy atom. The highest BCUT2D eigenvalue weighted by atomic mass is 16.6. The number of hydrogen-bond acceptors (Lipinski definition) is 5. The smallest absolute Gasteiger partial charge is 0.294 e. The van der Waals surface area contributed by atoms with Crippen molar-refractivity contribution >= 4 is 11.6 Å². The number of hydrogen-bond donors (Lipinski definition) is 0. The van der Waals surface area contributed by atoms with E-state index in [1.165, 1.54) is 16.8 Å². The number of aromatic nitrogens is 2. The molecule has 27 heavy (non-hydrogen) atoms. The van der Waals surface area contributed by atoms with Gasteiger partial charge in [-0.2, -0.15) is 5.10 Å². The van der Waals surface area contributed by atoms with Crippen LogP contribution in [-0.4, -0.2) is 38.1 Å². The Morgan fingerprint density at radius 3 is 2.63 bits per heavy atom. The summed E-state index contributed by atoms with van der Waals surface area (Å²) in [6.45, 7) is 4.00. The van der Waals surface area contributed by atoms with Crippen LogP contribution < -0.4 is 5.43 Å². The molecular formula is C19H22N4O4. The number of nitro groups is 1. The molecule has 1 fully saturated rings. The van der Waals surface area contributed by atoms with Crippen LogP contribution in [0.5, 0.6) is 0 Å². The van der Waals surface area contributed by atoms with Crippen molar-refractivity contribution < 1.29 is 9.72 Å². The number of carbonyl (C=O) groups is 1. The minimum atomic E-state index is -0.507. The molecule has 0 bridgehead atoms. The molecule has 0 spiro atoms. The Hall–Kier alpha value is -3.03. The van der Waals surface area contributed by atoms with Gasteiger partial charge in [-0.05, 0) is 32.8 Å². The number of nitrogens with zero attached hydrogens (tertiary/aromatic N) is 4. The van der Waals surface area contributed by atoms with E-state index in [2.05, 4.69) is 5.10 Å². The van der Waals surface area contributed by atoms with Gasteiger partial charge in [0.15, 0.2) is 5.69 Å². The molecular weight excluding hydrogens is 348 g/mol. The molecule has 2 aromatic rings. The fourth-order valence-electron chi connectivity index (χ4n) is 3.66. The second-order valence-electron chi connectivity index (χ2n) is 6.69. The zero-order valence-electron chi connectivity index (χ0n) is 15.4. The molecule has 1 aliphatic rings. The van der Waals surface area contributed by atoms with Crippen molar-refractivity contribution in [2.24, 2.45) is 0 Å². The molecule has 0 N–H and O–H groups in total. The van der Waals surface area contributed by atoms with E-state index >= 15 is 0 Å². The van der Waals surface area contributed by atoms with E-state index in [4.69, 9.17) is 0 Å². The van der Waals surface area contributed by atoms with Gasteiger partial charge in [-0.25, -0.2) is 4.68 Å². The largest absolute Gasteiger partial charge is 0.334 e. The zero-order valence-corrected chi connectivity index (χ0v) is 15.4. The number of carbonyl (C=O) groups excluding carboxylic acids is 1. The molecule has 1 aliphatic carbocycles. The van der Waals surface area contributed by atoms with E-state index in [9.17, 15) is 19.7 Å². The summed E-state index contributed by atoms with van der Waals surface area (Å²) in [5.41, 5.74) is -0.165. The predicted octanol–water partition coefficient (Wildman–Crippen LogP) is 2.85. The van der Waals surface area contributed by atoms with Crippen LogP contribution in [-0.2, 0) is 0 Å². The van der Waals surface area contributed by atoms with Crippen LogP contribution in [0, 0.1) is 17.0 Å². The number of aryl methyl sites for hydroxylation is 1. The van der Waals surface area contributed by atoms with Gasteiger partial charge in [-0.3, -0.25) is 19.7 Å². The molecule has 1 amide bonds. The first-order chi connectivity index (χ1) is 12.9. The molecule has 3 rings (SSSR count). The Kier molecular flexibility index (Phi) is 5.34. The molecule has 142 valence electrons. The standard InChI is InChI=1S/C19H22N4O4/c1-3-21(14-8-4-5-9-14)19(25)18-17(24)12-13(2)22(20-18)15-10-6-7-11-16(15)23(26)27/h6-7,10-12,14H,3-5,8-9H2,1-2H3. The minimum Gasteiger partial charge on any atom is -0.334 e. The molecule has 0 aliphatic heterocycles. The summed E-state index contributed by atoms with van der Waals surface area (Å²) in [4.78, 5) is 38.0. The lowest BCUT2D eigenvalue weighted by molar-refractivity contribution is -0.384. The topological polar surface area (TPSA) is 98.3 Å². The van der Waals surface area contributed by atoms with Crippen molar-refractivity contribution in [1.82, 2.24) is 14.7 Å². The molecule has 1 saturated carbocycles. The number of amides is 1. The molecule has 0 unspecified atom stereocenters. The van der Waals surface area contributed by atoms with Gasteiger partial charge >= 0.3 is 0 Å². The monoisotopic (exact) mass is 370 g/mol. The molecule has 8 heteroatoms. The second kappa shape index (κ2) is 7.69. The van der Waals surface area contributed by atoms with Gasteiger partial charge in [0.2, 0.25) is 5.43 Å². The third-order valence-electron chi connectivity index (χ3n) is 4.98. The van der Waals surface area contributed by atoms with E-state index in [1.807, 2.05) is 6.92 Å². The van der Waals surface area contributed by atoms with Crippen LogP contribution in [0.15, 0.2) is 35.1 Å². The number of benzene rings is 1. The average molecular weight is 370 g/mol. The maximum absolute atomic E-state index is 13.0. The first kappa shape index (κ1) is 18.8. The third-order valence-corrected chi connectivity index (χ3v) is 4.98. The van der Waals surface area contributed by atoms with Gasteiger partial charge in [0.25, 0.3) is 11.6 Å². The zero-order chi connectivity index (χ0) is 19.6. The highest BCUT2D eigenvalue weighted by Crippen LogP contribution is 2.25. The minimum absolute atomic E-state index is 0.115.